The molecule has 0 saturated carbocycles. The van der Waals surface area contributed by atoms with Gasteiger partial charge in [-0.1, -0.05) is 40.9 Å². The van der Waals surface area contributed by atoms with Crippen molar-refractivity contribution in [1.82, 2.24) is 0 Å². The maximum absolute atomic E-state index is 9.97. The van der Waals surface area contributed by atoms with Gasteiger partial charge in [-0.05, 0) is 48.7 Å². The van der Waals surface area contributed by atoms with E-state index in [-0.39, 0.29) is 12.2 Å². The Kier molecular flexibility index (Phi) is 8.78. The van der Waals surface area contributed by atoms with Crippen LogP contribution in [0.15, 0.2) is 24.3 Å². The van der Waals surface area contributed by atoms with E-state index in [2.05, 4.69) is 40.9 Å². The maximum atomic E-state index is 9.97. The molecule has 2 aliphatic rings. The van der Waals surface area contributed by atoms with Gasteiger partial charge in [0.1, 0.15) is 6.29 Å². The van der Waals surface area contributed by atoms with E-state index in [1.807, 2.05) is 0 Å². The third-order valence-corrected chi connectivity index (χ3v) is 4.66. The van der Waals surface area contributed by atoms with Crippen molar-refractivity contribution in [3.05, 3.63) is 24.3 Å². The first kappa shape index (κ1) is 20.1. The Morgan fingerprint density at radius 2 is 2.00 bits per heavy atom. The third kappa shape index (κ3) is 6.60. The van der Waals surface area contributed by atoms with Crippen LogP contribution in [0.5, 0.6) is 0 Å². The molecule has 132 valence electrons. The van der Waals surface area contributed by atoms with Crippen LogP contribution in [0.25, 0.3) is 0 Å². The van der Waals surface area contributed by atoms with Gasteiger partial charge in [0.25, 0.3) is 0 Å². The molecular formula is C20H34O3. The second-order valence-corrected chi connectivity index (χ2v) is 7.17. The highest BCUT2D eigenvalue weighted by atomic mass is 16.5. The van der Waals surface area contributed by atoms with Gasteiger partial charge in [0, 0.05) is 6.42 Å². The number of carbonyl (C=O) groups excluding carboxylic acids is 1. The topological polar surface area (TPSA) is 35.5 Å². The zero-order valence-electron chi connectivity index (χ0n) is 15.3. The van der Waals surface area contributed by atoms with Crippen LogP contribution in [-0.2, 0) is 14.3 Å². The van der Waals surface area contributed by atoms with Gasteiger partial charge < -0.3 is 14.3 Å². The fourth-order valence-corrected chi connectivity index (χ4v) is 3.14. The van der Waals surface area contributed by atoms with Crippen molar-refractivity contribution in [2.24, 2.45) is 11.8 Å². The van der Waals surface area contributed by atoms with E-state index < -0.39 is 0 Å². The summed E-state index contributed by atoms with van der Waals surface area (Å²) in [4.78, 5) is 9.97. The SMILES string of the molecule is C=C1C(C)CC(CC)OC1C(C)C.C=C1COC(CCC=O)C1. The minimum Gasteiger partial charge on any atom is -0.374 e. The zero-order valence-corrected chi connectivity index (χ0v) is 15.3. The van der Waals surface area contributed by atoms with Crippen molar-refractivity contribution in [3.63, 3.8) is 0 Å². The highest BCUT2D eigenvalue weighted by Gasteiger charge is 2.30. The van der Waals surface area contributed by atoms with Gasteiger partial charge in [0.2, 0.25) is 0 Å². The Bertz CT molecular complexity index is 400. The van der Waals surface area contributed by atoms with Crippen LogP contribution >= 0.6 is 0 Å². The summed E-state index contributed by atoms with van der Waals surface area (Å²) >= 11 is 0. The molecule has 2 heterocycles. The minimum atomic E-state index is 0.262. The first-order valence-electron chi connectivity index (χ1n) is 8.95. The Labute approximate surface area is 142 Å². The van der Waals surface area contributed by atoms with Gasteiger partial charge in [-0.3, -0.25) is 0 Å². The molecular weight excluding hydrogens is 288 g/mol. The van der Waals surface area contributed by atoms with Gasteiger partial charge in [-0.2, -0.15) is 0 Å². The molecule has 0 spiro atoms. The summed E-state index contributed by atoms with van der Waals surface area (Å²) < 4.78 is 11.3. The van der Waals surface area contributed by atoms with Gasteiger partial charge >= 0.3 is 0 Å². The van der Waals surface area contributed by atoms with Crippen LogP contribution in [0.3, 0.4) is 0 Å². The van der Waals surface area contributed by atoms with E-state index >= 15 is 0 Å². The van der Waals surface area contributed by atoms with Crippen LogP contribution in [-0.4, -0.2) is 31.2 Å². The lowest BCUT2D eigenvalue weighted by Gasteiger charge is -2.37. The summed E-state index contributed by atoms with van der Waals surface area (Å²) in [6, 6.07) is 0. The van der Waals surface area contributed by atoms with E-state index in [9.17, 15) is 4.79 Å². The lowest BCUT2D eigenvalue weighted by molar-refractivity contribution is -0.108. The number of aldehydes is 1. The standard InChI is InChI=1S/C12H22O.C8H12O2/c1-6-11-7-9(4)10(5)12(13-11)8(2)3;1-7-5-8(10-6-7)3-2-4-9/h8-9,11-12H,5-7H2,1-4H3;4,8H,1-3,5-6H2. The summed E-state index contributed by atoms with van der Waals surface area (Å²) in [5.74, 6) is 1.19. The molecule has 2 saturated heterocycles. The van der Waals surface area contributed by atoms with E-state index in [0.29, 0.717) is 31.0 Å². The van der Waals surface area contributed by atoms with Crippen LogP contribution in [0.4, 0.5) is 0 Å². The lowest BCUT2D eigenvalue weighted by atomic mass is 9.84. The van der Waals surface area contributed by atoms with Crippen molar-refractivity contribution in [2.45, 2.75) is 78.1 Å². The van der Waals surface area contributed by atoms with Crippen molar-refractivity contribution < 1.29 is 14.3 Å². The first-order valence-corrected chi connectivity index (χ1v) is 8.95. The molecule has 3 heteroatoms. The highest BCUT2D eigenvalue weighted by molar-refractivity contribution is 5.49. The van der Waals surface area contributed by atoms with Gasteiger partial charge in [-0.25, -0.2) is 0 Å². The third-order valence-electron chi connectivity index (χ3n) is 4.66. The lowest BCUT2D eigenvalue weighted by Crippen LogP contribution is -2.36. The van der Waals surface area contributed by atoms with E-state index in [4.69, 9.17) is 9.47 Å². The van der Waals surface area contributed by atoms with Crippen molar-refractivity contribution in [3.8, 4) is 0 Å². The van der Waals surface area contributed by atoms with Crippen LogP contribution in [0, 0.1) is 11.8 Å². The summed E-state index contributed by atoms with van der Waals surface area (Å²) in [6.07, 6.45) is 6.61. The van der Waals surface area contributed by atoms with Crippen molar-refractivity contribution in [1.29, 1.82) is 0 Å². The van der Waals surface area contributed by atoms with Crippen LogP contribution in [0.2, 0.25) is 0 Å². The summed E-state index contributed by atoms with van der Waals surface area (Å²) in [7, 11) is 0. The number of carbonyl (C=O) groups is 1. The Balaban J connectivity index is 0.000000238. The first-order chi connectivity index (χ1) is 10.9. The number of rotatable bonds is 5. The zero-order chi connectivity index (χ0) is 17.4. The molecule has 0 aromatic heterocycles. The maximum Gasteiger partial charge on any atom is 0.120 e. The van der Waals surface area contributed by atoms with Crippen molar-refractivity contribution >= 4 is 6.29 Å². The minimum absolute atomic E-state index is 0.262. The average molecular weight is 322 g/mol. The Morgan fingerprint density at radius 3 is 2.48 bits per heavy atom. The molecule has 2 fully saturated rings. The number of hydrogen-bond donors (Lipinski definition) is 0. The number of hydrogen-bond acceptors (Lipinski definition) is 3. The van der Waals surface area contributed by atoms with Crippen molar-refractivity contribution in [2.75, 3.05) is 6.61 Å². The molecule has 0 amide bonds. The molecule has 0 aromatic rings. The van der Waals surface area contributed by atoms with Gasteiger partial charge in [-0.15, -0.1) is 0 Å². The molecule has 2 aliphatic heterocycles. The molecule has 0 bridgehead atoms. The molecule has 0 aromatic carbocycles. The second kappa shape index (κ2) is 10.0. The molecule has 4 unspecified atom stereocenters. The quantitative estimate of drug-likeness (QED) is 0.543. The summed E-state index contributed by atoms with van der Waals surface area (Å²) in [5.41, 5.74) is 2.44. The molecule has 0 aliphatic carbocycles. The smallest absolute Gasteiger partial charge is 0.120 e. The second-order valence-electron chi connectivity index (χ2n) is 7.17. The molecule has 2 rings (SSSR count). The fourth-order valence-electron chi connectivity index (χ4n) is 3.14. The van der Waals surface area contributed by atoms with E-state index in [1.165, 1.54) is 5.57 Å². The average Bonchev–Trinajstić information content (AvgIpc) is 2.93. The molecule has 3 nitrogen and oxygen atoms in total. The van der Waals surface area contributed by atoms with E-state index in [0.717, 1.165) is 37.5 Å². The fraction of sp³-hybridized carbons (Fsp3) is 0.750. The molecule has 0 radical (unpaired) electrons. The molecule has 4 atom stereocenters. The largest absolute Gasteiger partial charge is 0.374 e. The predicted molar refractivity (Wildman–Crippen MR) is 95.5 cm³/mol. The van der Waals surface area contributed by atoms with Gasteiger partial charge in [0.15, 0.2) is 0 Å². The Morgan fingerprint density at radius 1 is 1.30 bits per heavy atom. The molecule has 23 heavy (non-hydrogen) atoms. The normalized spacial score (nSPS) is 31.0. The Hall–Kier alpha value is -0.930. The van der Waals surface area contributed by atoms with Crippen LogP contribution in [0.1, 0.15) is 59.8 Å². The predicted octanol–water partition coefficient (Wildman–Crippen LogP) is 4.71. The highest BCUT2D eigenvalue weighted by Crippen LogP contribution is 2.33. The van der Waals surface area contributed by atoms with Gasteiger partial charge in [0.05, 0.1) is 24.9 Å². The summed E-state index contributed by atoms with van der Waals surface area (Å²) in [6.45, 7) is 17.5. The summed E-state index contributed by atoms with van der Waals surface area (Å²) in [5, 5.41) is 0. The molecule has 0 N–H and O–H groups in total. The monoisotopic (exact) mass is 322 g/mol. The number of ether oxygens (including phenoxy) is 2. The van der Waals surface area contributed by atoms with E-state index in [1.54, 1.807) is 0 Å². The van der Waals surface area contributed by atoms with Crippen LogP contribution < -0.4 is 0 Å².